The Balaban J connectivity index is 1.44. The first-order valence-corrected chi connectivity index (χ1v) is 16.3. The van der Waals surface area contributed by atoms with Gasteiger partial charge in [-0.1, -0.05) is 43.5 Å². The lowest BCUT2D eigenvalue weighted by atomic mass is 9.80. The second kappa shape index (κ2) is 13.0. The number of halogens is 6. The van der Waals surface area contributed by atoms with Crippen LogP contribution in [0.4, 0.5) is 26.3 Å². The normalized spacial score (nSPS) is 25.2. The first kappa shape index (κ1) is 32.7. The quantitative estimate of drug-likeness (QED) is 0.238. The first-order chi connectivity index (χ1) is 20.8. The molecule has 2 saturated carbocycles. The SMILES string of the molecule is C[C@H](C(=O)N(Cc1ccc(C2CCCCC2)cc1)C1CC2NNCC2CC1F)N(C)S(=O)(=O)c1c(F)c(F)c(F)c(F)c1F. The molecule has 2 aromatic carbocycles. The topological polar surface area (TPSA) is 81.8 Å². The molecule has 2 aromatic rings. The zero-order valence-electron chi connectivity index (χ0n) is 24.4. The summed E-state index contributed by atoms with van der Waals surface area (Å²) in [6.45, 7) is 1.59. The Morgan fingerprint density at radius 1 is 0.932 bits per heavy atom. The van der Waals surface area contributed by atoms with Gasteiger partial charge in [-0.25, -0.2) is 34.8 Å². The van der Waals surface area contributed by atoms with Crippen molar-refractivity contribution in [2.24, 2.45) is 5.92 Å². The van der Waals surface area contributed by atoms with Crippen LogP contribution in [-0.4, -0.2) is 61.4 Å². The van der Waals surface area contributed by atoms with Gasteiger partial charge < -0.3 is 4.90 Å². The number of likely N-dealkylation sites (N-methyl/N-ethyl adjacent to an activating group) is 1. The summed E-state index contributed by atoms with van der Waals surface area (Å²) >= 11 is 0. The summed E-state index contributed by atoms with van der Waals surface area (Å²) in [7, 11) is -4.61. The van der Waals surface area contributed by atoms with Crippen molar-refractivity contribution in [2.75, 3.05) is 13.6 Å². The minimum Gasteiger partial charge on any atom is -0.331 e. The molecule has 3 aliphatic rings. The maximum atomic E-state index is 15.7. The zero-order valence-corrected chi connectivity index (χ0v) is 25.2. The van der Waals surface area contributed by atoms with Gasteiger partial charge in [0.05, 0.1) is 6.04 Å². The Morgan fingerprint density at radius 3 is 2.14 bits per heavy atom. The Labute approximate surface area is 253 Å². The fourth-order valence-electron chi connectivity index (χ4n) is 6.70. The van der Waals surface area contributed by atoms with E-state index in [0.717, 1.165) is 39.7 Å². The summed E-state index contributed by atoms with van der Waals surface area (Å²) in [6.07, 6.45) is 4.58. The molecule has 5 atom stereocenters. The number of rotatable bonds is 8. The standard InChI is InChI=1S/C30H36F6N4O3S/c1-16(39(2)44(42,43)29-27(35)25(33)24(32)26(34)28(29)36)30(41)40(23-13-22-20(12-21(23)31)14-37-38-22)15-17-8-10-19(11-9-17)18-6-4-3-5-7-18/h8-11,16,18,20-23,37-38H,3-7,12-15H2,1-2H3/t16-,20?,21?,22?,23?/m1/s1. The predicted molar refractivity (Wildman–Crippen MR) is 150 cm³/mol. The van der Waals surface area contributed by atoms with Crippen molar-refractivity contribution in [3.05, 3.63) is 64.5 Å². The van der Waals surface area contributed by atoms with E-state index in [0.29, 0.717) is 18.0 Å². The number of fused-ring (bicyclic) bond motifs is 1. The summed E-state index contributed by atoms with van der Waals surface area (Å²) in [5, 5.41) is 0. The average Bonchev–Trinajstić information content (AvgIpc) is 3.48. The van der Waals surface area contributed by atoms with E-state index < -0.39 is 68.2 Å². The van der Waals surface area contributed by atoms with Crippen molar-refractivity contribution in [2.45, 2.75) is 93.5 Å². The van der Waals surface area contributed by atoms with Gasteiger partial charge in [-0.3, -0.25) is 15.6 Å². The summed E-state index contributed by atoms with van der Waals surface area (Å²) in [5.41, 5.74) is 7.92. The molecule has 5 rings (SSSR count). The monoisotopic (exact) mass is 646 g/mol. The van der Waals surface area contributed by atoms with Crippen LogP contribution < -0.4 is 10.9 Å². The van der Waals surface area contributed by atoms with Crippen LogP contribution in [0.1, 0.15) is 68.9 Å². The van der Waals surface area contributed by atoms with Gasteiger partial charge in [-0.15, -0.1) is 0 Å². The Morgan fingerprint density at radius 2 is 1.52 bits per heavy atom. The van der Waals surface area contributed by atoms with E-state index in [9.17, 15) is 35.2 Å². The number of nitrogens with one attached hydrogen (secondary N) is 2. The summed E-state index contributed by atoms with van der Waals surface area (Å²) in [5.74, 6) is -12.9. The number of amides is 1. The van der Waals surface area contributed by atoms with Crippen molar-refractivity contribution in [1.82, 2.24) is 20.1 Å². The number of nitrogens with zero attached hydrogens (tertiary/aromatic N) is 2. The maximum absolute atomic E-state index is 15.7. The van der Waals surface area contributed by atoms with Gasteiger partial charge in [0.1, 0.15) is 12.2 Å². The van der Waals surface area contributed by atoms with E-state index in [-0.39, 0.29) is 35.7 Å². The molecular formula is C30H36F6N4O3S. The second-order valence-electron chi connectivity index (χ2n) is 12.1. The lowest BCUT2D eigenvalue weighted by molar-refractivity contribution is -0.140. The molecule has 3 fully saturated rings. The number of hydrazine groups is 1. The van der Waals surface area contributed by atoms with E-state index in [4.69, 9.17) is 0 Å². The zero-order chi connectivity index (χ0) is 31.9. The van der Waals surface area contributed by atoms with E-state index in [2.05, 4.69) is 10.9 Å². The van der Waals surface area contributed by atoms with Gasteiger partial charge in [0.25, 0.3) is 0 Å². The predicted octanol–water partition coefficient (Wildman–Crippen LogP) is 5.06. The van der Waals surface area contributed by atoms with Crippen molar-refractivity contribution >= 4 is 15.9 Å². The fraction of sp³-hybridized carbons (Fsp3) is 0.567. The molecule has 14 heteroatoms. The molecule has 44 heavy (non-hydrogen) atoms. The highest BCUT2D eigenvalue weighted by atomic mass is 32.2. The smallest absolute Gasteiger partial charge is 0.249 e. The van der Waals surface area contributed by atoms with Crippen LogP contribution in [0, 0.1) is 35.0 Å². The van der Waals surface area contributed by atoms with Crippen LogP contribution in [0.5, 0.6) is 0 Å². The van der Waals surface area contributed by atoms with Crippen LogP contribution in [0.25, 0.3) is 0 Å². The van der Waals surface area contributed by atoms with Crippen LogP contribution in [0.3, 0.4) is 0 Å². The third kappa shape index (κ3) is 6.10. The van der Waals surface area contributed by atoms with Gasteiger partial charge in [-0.05, 0) is 55.6 Å². The minimum atomic E-state index is -5.42. The number of sulfonamides is 1. The Kier molecular flexibility index (Phi) is 9.64. The molecule has 0 aromatic heterocycles. The van der Waals surface area contributed by atoms with Gasteiger partial charge in [0.2, 0.25) is 21.7 Å². The van der Waals surface area contributed by atoms with Gasteiger partial charge in [-0.2, -0.15) is 4.31 Å². The molecule has 2 aliphatic carbocycles. The molecule has 1 amide bonds. The van der Waals surface area contributed by atoms with Crippen molar-refractivity contribution in [1.29, 1.82) is 0 Å². The largest absolute Gasteiger partial charge is 0.331 e. The molecule has 1 heterocycles. The highest BCUT2D eigenvalue weighted by Crippen LogP contribution is 2.36. The number of alkyl halides is 1. The Hall–Kier alpha value is -2.68. The summed E-state index contributed by atoms with van der Waals surface area (Å²) in [4.78, 5) is 13.2. The van der Waals surface area contributed by atoms with Crippen molar-refractivity contribution < 1.29 is 39.6 Å². The van der Waals surface area contributed by atoms with Gasteiger partial charge in [0, 0.05) is 26.2 Å². The molecule has 2 N–H and O–H groups in total. The molecule has 4 unspecified atom stereocenters. The third-order valence-electron chi connectivity index (χ3n) is 9.46. The van der Waals surface area contributed by atoms with Crippen LogP contribution in [-0.2, 0) is 21.4 Å². The molecule has 1 saturated heterocycles. The number of carbonyl (C=O) groups is 1. The molecule has 242 valence electrons. The average molecular weight is 647 g/mol. The first-order valence-electron chi connectivity index (χ1n) is 14.8. The summed E-state index contributed by atoms with van der Waals surface area (Å²) in [6, 6.07) is 4.84. The molecule has 7 nitrogen and oxygen atoms in total. The highest BCUT2D eigenvalue weighted by molar-refractivity contribution is 7.89. The van der Waals surface area contributed by atoms with Gasteiger partial charge in [0.15, 0.2) is 28.2 Å². The molecule has 0 radical (unpaired) electrons. The lowest BCUT2D eigenvalue weighted by Crippen LogP contribution is -2.57. The van der Waals surface area contributed by atoms with E-state index >= 15 is 4.39 Å². The molecular weight excluding hydrogens is 610 g/mol. The number of hydrogen-bond donors (Lipinski definition) is 2. The third-order valence-corrected chi connectivity index (χ3v) is 11.4. The number of carbonyl (C=O) groups excluding carboxylic acids is 1. The van der Waals surface area contributed by atoms with E-state index in [1.165, 1.54) is 16.9 Å². The highest BCUT2D eigenvalue weighted by Gasteiger charge is 2.46. The van der Waals surface area contributed by atoms with E-state index in [1.54, 1.807) is 0 Å². The second-order valence-corrected chi connectivity index (χ2v) is 14.0. The lowest BCUT2D eigenvalue weighted by Gasteiger charge is -2.42. The van der Waals surface area contributed by atoms with Gasteiger partial charge >= 0.3 is 0 Å². The summed E-state index contributed by atoms with van der Waals surface area (Å²) < 4.78 is 113. The molecule has 0 bridgehead atoms. The molecule has 1 aliphatic heterocycles. The maximum Gasteiger partial charge on any atom is 0.249 e. The fourth-order valence-corrected chi connectivity index (χ4v) is 8.13. The Bertz CT molecular complexity index is 1460. The number of hydrogen-bond acceptors (Lipinski definition) is 5. The van der Waals surface area contributed by atoms with Crippen LogP contribution in [0.15, 0.2) is 29.2 Å². The number of benzene rings is 2. The van der Waals surface area contributed by atoms with Crippen molar-refractivity contribution in [3.8, 4) is 0 Å². The van der Waals surface area contributed by atoms with Crippen LogP contribution >= 0.6 is 0 Å². The minimum absolute atomic E-state index is 0.0114. The van der Waals surface area contributed by atoms with Crippen LogP contribution in [0.2, 0.25) is 0 Å². The molecule has 0 spiro atoms. The van der Waals surface area contributed by atoms with E-state index in [1.807, 2.05) is 24.3 Å². The van der Waals surface area contributed by atoms with Crippen molar-refractivity contribution in [3.63, 3.8) is 0 Å².